The van der Waals surface area contributed by atoms with Crippen LogP contribution < -0.4 is 10.6 Å². The number of carbonyl (C=O) groups is 4. The van der Waals surface area contributed by atoms with Gasteiger partial charge in [0.15, 0.2) is 0 Å². The number of para-hydroxylation sites is 1. The van der Waals surface area contributed by atoms with Crippen LogP contribution in [0.15, 0.2) is 48.5 Å². The van der Waals surface area contributed by atoms with E-state index in [0.29, 0.717) is 18.5 Å². The number of urea groups is 2. The minimum atomic E-state index is -1.60. The molecule has 2 aromatic carbocycles. The van der Waals surface area contributed by atoms with Crippen molar-refractivity contribution >= 4 is 35.3 Å². The Morgan fingerprint density at radius 2 is 1.50 bits per heavy atom. The van der Waals surface area contributed by atoms with E-state index in [-0.39, 0.29) is 43.2 Å². The summed E-state index contributed by atoms with van der Waals surface area (Å²) in [5.41, 5.74) is 0.399. The van der Waals surface area contributed by atoms with Gasteiger partial charge in [-0.15, -0.1) is 0 Å². The van der Waals surface area contributed by atoms with Crippen molar-refractivity contribution in [1.29, 1.82) is 0 Å². The number of rotatable bonds is 10. The number of hydrogen-bond acceptors (Lipinski definition) is 4. The van der Waals surface area contributed by atoms with Crippen LogP contribution in [0, 0.1) is 18.8 Å². The monoisotopic (exact) mass is 576 g/mol. The second-order valence-electron chi connectivity index (χ2n) is 12.7. The third-order valence-corrected chi connectivity index (χ3v) is 8.48. The van der Waals surface area contributed by atoms with Crippen LogP contribution in [-0.4, -0.2) is 49.9 Å². The first-order chi connectivity index (χ1) is 19.9. The number of aryl methyl sites for hydroxylation is 1. The maximum Gasteiger partial charge on any atom is 0.330 e. The first-order valence-electron chi connectivity index (χ1n) is 15.0. The molecule has 4 rings (SSSR count). The third-order valence-electron chi connectivity index (χ3n) is 8.48. The second-order valence-corrected chi connectivity index (χ2v) is 12.7. The molecule has 0 bridgehead atoms. The van der Waals surface area contributed by atoms with Crippen LogP contribution in [0.1, 0.15) is 83.8 Å². The van der Waals surface area contributed by atoms with E-state index in [1.165, 1.54) is 0 Å². The van der Waals surface area contributed by atoms with E-state index < -0.39 is 23.1 Å². The molecule has 3 N–H and O–H groups in total. The summed E-state index contributed by atoms with van der Waals surface area (Å²) < 4.78 is 0. The molecule has 1 aliphatic heterocycles. The maximum atomic E-state index is 14.3. The Bertz CT molecular complexity index is 1300. The lowest BCUT2D eigenvalue weighted by atomic mass is 9.77. The molecule has 0 aromatic heterocycles. The van der Waals surface area contributed by atoms with Gasteiger partial charge in [0.25, 0.3) is 5.91 Å². The molecule has 0 unspecified atom stereocenters. The Morgan fingerprint density at radius 3 is 2.05 bits per heavy atom. The fourth-order valence-electron chi connectivity index (χ4n) is 6.69. The molecule has 226 valence electrons. The Balaban J connectivity index is 1.60. The van der Waals surface area contributed by atoms with Crippen molar-refractivity contribution in [2.24, 2.45) is 11.8 Å². The second kappa shape index (κ2) is 12.5. The summed E-state index contributed by atoms with van der Waals surface area (Å²) in [7, 11) is 0. The summed E-state index contributed by atoms with van der Waals surface area (Å²) in [6.45, 7) is 9.79. The summed E-state index contributed by atoms with van der Waals surface area (Å²) in [6.07, 6.45) is 4.02. The van der Waals surface area contributed by atoms with Gasteiger partial charge in [0.2, 0.25) is 0 Å². The van der Waals surface area contributed by atoms with Gasteiger partial charge in [0.1, 0.15) is 11.1 Å². The summed E-state index contributed by atoms with van der Waals surface area (Å²) in [5, 5.41) is 16.3. The molecule has 1 spiro atoms. The van der Waals surface area contributed by atoms with Gasteiger partial charge in [0.05, 0.1) is 0 Å². The number of aliphatic carboxylic acids is 1. The Labute approximate surface area is 248 Å². The van der Waals surface area contributed by atoms with Gasteiger partial charge in [-0.25, -0.2) is 19.3 Å². The van der Waals surface area contributed by atoms with Crippen LogP contribution in [0.5, 0.6) is 0 Å². The van der Waals surface area contributed by atoms with E-state index in [0.717, 1.165) is 41.0 Å². The Morgan fingerprint density at radius 1 is 0.905 bits per heavy atom. The lowest BCUT2D eigenvalue weighted by Crippen LogP contribution is -2.60. The van der Waals surface area contributed by atoms with E-state index in [9.17, 15) is 24.3 Å². The molecule has 0 atom stereocenters. The zero-order valence-corrected chi connectivity index (χ0v) is 25.4. The van der Waals surface area contributed by atoms with Crippen molar-refractivity contribution in [2.75, 3.05) is 10.6 Å². The normalized spacial score (nSPS) is 16.9. The number of carboxylic acids is 1. The van der Waals surface area contributed by atoms with Crippen molar-refractivity contribution in [3.05, 3.63) is 59.7 Å². The predicted octanol–water partition coefficient (Wildman–Crippen LogP) is 7.02. The first kappa shape index (κ1) is 31.1. The van der Waals surface area contributed by atoms with Gasteiger partial charge >= 0.3 is 18.0 Å². The molecule has 5 amide bonds. The van der Waals surface area contributed by atoms with Crippen molar-refractivity contribution in [1.82, 2.24) is 9.80 Å². The number of carbonyl (C=O) groups excluding carboxylic acids is 3. The lowest BCUT2D eigenvalue weighted by molar-refractivity contribution is -0.158. The van der Waals surface area contributed by atoms with Crippen LogP contribution in [0.25, 0.3) is 0 Å². The molecule has 2 aromatic rings. The van der Waals surface area contributed by atoms with Gasteiger partial charge in [0, 0.05) is 17.9 Å². The number of anilines is 2. The van der Waals surface area contributed by atoms with Crippen LogP contribution >= 0.6 is 0 Å². The third kappa shape index (κ3) is 6.15. The standard InChI is InChI=1S/C33H44N4O5/c1-22(2)19-33(29(39)40,20-23(3)4)37-28(38)32(17-9-6-10-18-32)36(31(37)42)21-25-13-15-26(16-14-25)34-30(41)35-27-12-8-7-11-24(27)5/h7-8,11-16,22-23H,6,9-10,17-21H2,1-5H3,(H,39,40)(H2,34,35,41). The maximum absolute atomic E-state index is 14.3. The average molecular weight is 577 g/mol. The quantitative estimate of drug-likeness (QED) is 0.263. The first-order valence-corrected chi connectivity index (χ1v) is 15.0. The molecular weight excluding hydrogens is 532 g/mol. The molecule has 2 fully saturated rings. The molecule has 42 heavy (non-hydrogen) atoms. The fraction of sp³-hybridized carbons (Fsp3) is 0.515. The lowest BCUT2D eigenvalue weighted by Gasteiger charge is -2.40. The van der Waals surface area contributed by atoms with E-state index in [1.807, 2.05) is 71.0 Å². The zero-order valence-electron chi connectivity index (χ0n) is 25.4. The van der Waals surface area contributed by atoms with Crippen LogP contribution in [0.4, 0.5) is 21.0 Å². The van der Waals surface area contributed by atoms with Crippen LogP contribution in [0.2, 0.25) is 0 Å². The molecule has 1 saturated heterocycles. The van der Waals surface area contributed by atoms with E-state index in [4.69, 9.17) is 0 Å². The molecule has 9 heteroatoms. The van der Waals surface area contributed by atoms with Crippen molar-refractivity contribution in [3.8, 4) is 0 Å². The highest BCUT2D eigenvalue weighted by Gasteiger charge is 2.64. The minimum absolute atomic E-state index is 0.0279. The minimum Gasteiger partial charge on any atom is -0.479 e. The number of nitrogens with one attached hydrogen (secondary N) is 2. The smallest absolute Gasteiger partial charge is 0.330 e. The van der Waals surface area contributed by atoms with E-state index in [2.05, 4.69) is 10.6 Å². The highest BCUT2D eigenvalue weighted by atomic mass is 16.4. The number of imide groups is 1. The Kier molecular flexibility index (Phi) is 9.28. The number of nitrogens with zero attached hydrogens (tertiary/aromatic N) is 2. The topological polar surface area (TPSA) is 119 Å². The predicted molar refractivity (Wildman–Crippen MR) is 163 cm³/mol. The van der Waals surface area contributed by atoms with E-state index in [1.54, 1.807) is 17.0 Å². The summed E-state index contributed by atoms with van der Waals surface area (Å²) in [4.78, 5) is 56.8. The van der Waals surface area contributed by atoms with Crippen LogP contribution in [-0.2, 0) is 16.1 Å². The Hall–Kier alpha value is -3.88. The van der Waals surface area contributed by atoms with Crippen LogP contribution in [0.3, 0.4) is 0 Å². The van der Waals surface area contributed by atoms with Gasteiger partial charge < -0.3 is 20.6 Å². The molecule has 1 saturated carbocycles. The number of benzene rings is 2. The van der Waals surface area contributed by atoms with Gasteiger partial charge in [-0.05, 0) is 73.8 Å². The summed E-state index contributed by atoms with van der Waals surface area (Å²) in [6, 6.07) is 13.8. The number of hydrogen-bond donors (Lipinski definition) is 3. The van der Waals surface area contributed by atoms with Crippen molar-refractivity contribution in [2.45, 2.75) is 97.2 Å². The summed E-state index contributed by atoms with van der Waals surface area (Å²) >= 11 is 0. The molecule has 1 heterocycles. The SMILES string of the molecule is Cc1ccccc1NC(=O)Nc1ccc(CN2C(=O)N(C(CC(C)C)(CC(C)C)C(=O)O)C(=O)C23CCCCC3)cc1. The highest BCUT2D eigenvalue weighted by Crippen LogP contribution is 2.46. The largest absolute Gasteiger partial charge is 0.479 e. The molecule has 9 nitrogen and oxygen atoms in total. The zero-order chi connectivity index (χ0) is 30.7. The van der Waals surface area contributed by atoms with Gasteiger partial charge in [-0.2, -0.15) is 0 Å². The van der Waals surface area contributed by atoms with Gasteiger partial charge in [-0.1, -0.05) is 77.3 Å². The van der Waals surface area contributed by atoms with Crippen molar-refractivity contribution in [3.63, 3.8) is 0 Å². The van der Waals surface area contributed by atoms with Crippen molar-refractivity contribution < 1.29 is 24.3 Å². The summed E-state index contributed by atoms with van der Waals surface area (Å²) in [5.74, 6) is -1.56. The molecule has 2 aliphatic rings. The molecule has 1 aliphatic carbocycles. The number of carboxylic acid groups (broad SMARTS) is 1. The highest BCUT2D eigenvalue weighted by molar-refractivity contribution is 6.10. The molecular formula is C33H44N4O5. The van der Waals surface area contributed by atoms with E-state index >= 15 is 0 Å². The average Bonchev–Trinajstić information content (AvgIpc) is 3.11. The van der Waals surface area contributed by atoms with Gasteiger partial charge in [-0.3, -0.25) is 4.79 Å². The fourth-order valence-corrected chi connectivity index (χ4v) is 6.69. The number of amides is 5. The molecule has 0 radical (unpaired) electrons.